The van der Waals surface area contributed by atoms with Gasteiger partial charge in [0.15, 0.2) is 0 Å². The van der Waals surface area contributed by atoms with E-state index in [-0.39, 0.29) is 0 Å². The Labute approximate surface area is 102 Å². The monoisotopic (exact) mass is 251 g/mol. The predicted octanol–water partition coefficient (Wildman–Crippen LogP) is 1.37. The molecule has 17 heavy (non-hydrogen) atoms. The first-order chi connectivity index (χ1) is 8.28. The van der Waals surface area contributed by atoms with Crippen LogP contribution in [0.4, 0.5) is 0 Å². The number of nitrogens with zero attached hydrogens (tertiary/aromatic N) is 2. The van der Waals surface area contributed by atoms with E-state index in [9.17, 15) is 5.11 Å². The van der Waals surface area contributed by atoms with Gasteiger partial charge >= 0.3 is 0 Å². The normalized spacial score (nSPS) is 19.4. The first kappa shape index (κ1) is 10.9. The van der Waals surface area contributed by atoms with Crippen molar-refractivity contribution in [2.45, 2.75) is 18.4 Å². The Kier molecular flexibility index (Phi) is 2.70. The fourth-order valence-electron chi connectivity index (χ4n) is 1.98. The summed E-state index contributed by atoms with van der Waals surface area (Å²) in [5.74, 6) is 0.883. The van der Waals surface area contributed by atoms with Gasteiger partial charge in [-0.1, -0.05) is 5.16 Å². The minimum atomic E-state index is -0.966. The molecule has 0 bridgehead atoms. The molecule has 0 spiro atoms. The van der Waals surface area contributed by atoms with E-state index in [1.165, 1.54) is 0 Å². The van der Waals surface area contributed by atoms with E-state index < -0.39 is 5.60 Å². The van der Waals surface area contributed by atoms with Crippen LogP contribution in [0, 0.1) is 0 Å². The van der Waals surface area contributed by atoms with Crippen molar-refractivity contribution in [3.05, 3.63) is 22.7 Å². The number of aromatic nitrogens is 2. The zero-order valence-electron chi connectivity index (χ0n) is 9.22. The SMILES string of the molecule is OC1(c2nc(-c3ccsc3)no2)CCNCC1. The maximum absolute atomic E-state index is 10.4. The largest absolute Gasteiger partial charge is 0.380 e. The minimum Gasteiger partial charge on any atom is -0.380 e. The van der Waals surface area contributed by atoms with Crippen molar-refractivity contribution < 1.29 is 9.63 Å². The second-order valence-electron chi connectivity index (χ2n) is 4.22. The maximum atomic E-state index is 10.4. The van der Waals surface area contributed by atoms with Gasteiger partial charge in [-0.25, -0.2) is 0 Å². The van der Waals surface area contributed by atoms with Crippen LogP contribution in [0.15, 0.2) is 21.3 Å². The third-order valence-corrected chi connectivity index (χ3v) is 3.72. The van der Waals surface area contributed by atoms with Gasteiger partial charge in [0, 0.05) is 10.9 Å². The number of aliphatic hydroxyl groups is 1. The summed E-state index contributed by atoms with van der Waals surface area (Å²) in [7, 11) is 0. The molecule has 1 aliphatic heterocycles. The first-order valence-electron chi connectivity index (χ1n) is 5.58. The van der Waals surface area contributed by atoms with Gasteiger partial charge in [0.2, 0.25) is 5.82 Å². The zero-order chi connectivity index (χ0) is 11.7. The van der Waals surface area contributed by atoms with Crippen molar-refractivity contribution in [2.75, 3.05) is 13.1 Å². The highest BCUT2D eigenvalue weighted by Crippen LogP contribution is 2.30. The number of hydrogen-bond acceptors (Lipinski definition) is 6. The van der Waals surface area contributed by atoms with Crippen molar-refractivity contribution in [3.63, 3.8) is 0 Å². The molecule has 0 saturated carbocycles. The minimum absolute atomic E-state index is 0.334. The van der Waals surface area contributed by atoms with Gasteiger partial charge < -0.3 is 14.9 Å². The molecule has 2 aromatic rings. The van der Waals surface area contributed by atoms with Crippen LogP contribution in [-0.2, 0) is 5.60 Å². The highest BCUT2D eigenvalue weighted by atomic mass is 32.1. The van der Waals surface area contributed by atoms with Crippen LogP contribution in [0.3, 0.4) is 0 Å². The lowest BCUT2D eigenvalue weighted by Crippen LogP contribution is -2.39. The molecule has 1 saturated heterocycles. The molecule has 2 N–H and O–H groups in total. The average Bonchev–Trinajstić information content (AvgIpc) is 3.01. The van der Waals surface area contributed by atoms with E-state index in [0.29, 0.717) is 24.6 Å². The van der Waals surface area contributed by atoms with Crippen molar-refractivity contribution in [1.29, 1.82) is 0 Å². The van der Waals surface area contributed by atoms with Crippen molar-refractivity contribution >= 4 is 11.3 Å². The van der Waals surface area contributed by atoms with Gasteiger partial charge in [-0.3, -0.25) is 0 Å². The van der Waals surface area contributed by atoms with Gasteiger partial charge in [-0.05, 0) is 37.4 Å². The van der Waals surface area contributed by atoms with Crippen LogP contribution in [0.5, 0.6) is 0 Å². The summed E-state index contributed by atoms with van der Waals surface area (Å²) >= 11 is 1.58. The van der Waals surface area contributed by atoms with Gasteiger partial charge in [0.25, 0.3) is 5.89 Å². The number of hydrogen-bond donors (Lipinski definition) is 2. The highest BCUT2D eigenvalue weighted by molar-refractivity contribution is 7.08. The van der Waals surface area contributed by atoms with Crippen LogP contribution >= 0.6 is 11.3 Å². The van der Waals surface area contributed by atoms with E-state index >= 15 is 0 Å². The molecule has 1 fully saturated rings. The summed E-state index contributed by atoms with van der Waals surface area (Å²) in [4.78, 5) is 4.30. The van der Waals surface area contributed by atoms with E-state index in [2.05, 4.69) is 15.5 Å². The summed E-state index contributed by atoms with van der Waals surface area (Å²) in [6, 6.07) is 1.94. The molecule has 5 nitrogen and oxygen atoms in total. The fraction of sp³-hybridized carbons (Fsp3) is 0.455. The molecule has 1 aliphatic rings. The van der Waals surface area contributed by atoms with Gasteiger partial charge in [0.1, 0.15) is 5.60 Å². The quantitative estimate of drug-likeness (QED) is 0.843. The lowest BCUT2D eigenvalue weighted by Gasteiger charge is -2.28. The first-order valence-corrected chi connectivity index (χ1v) is 6.52. The van der Waals surface area contributed by atoms with Crippen LogP contribution in [0.25, 0.3) is 11.4 Å². The molecule has 2 aromatic heterocycles. The smallest absolute Gasteiger partial charge is 0.259 e. The Bertz CT molecular complexity index is 489. The Morgan fingerprint density at radius 1 is 1.41 bits per heavy atom. The number of nitrogens with one attached hydrogen (secondary N) is 1. The molecule has 0 aromatic carbocycles. The molecule has 6 heteroatoms. The Hall–Kier alpha value is -1.24. The molecule has 0 radical (unpaired) electrons. The summed E-state index contributed by atoms with van der Waals surface area (Å²) < 4.78 is 5.20. The lowest BCUT2D eigenvalue weighted by atomic mass is 9.92. The highest BCUT2D eigenvalue weighted by Gasteiger charge is 2.37. The lowest BCUT2D eigenvalue weighted by molar-refractivity contribution is -0.0228. The summed E-state index contributed by atoms with van der Waals surface area (Å²) in [6.07, 6.45) is 1.22. The van der Waals surface area contributed by atoms with E-state index in [4.69, 9.17) is 4.52 Å². The summed E-state index contributed by atoms with van der Waals surface area (Å²) in [6.45, 7) is 1.54. The van der Waals surface area contributed by atoms with Crippen LogP contribution < -0.4 is 5.32 Å². The molecule has 0 amide bonds. The summed E-state index contributed by atoms with van der Waals surface area (Å²) in [5, 5.41) is 21.5. The maximum Gasteiger partial charge on any atom is 0.259 e. The van der Waals surface area contributed by atoms with Crippen LogP contribution in [-0.4, -0.2) is 28.3 Å². The van der Waals surface area contributed by atoms with Gasteiger partial charge in [-0.2, -0.15) is 16.3 Å². The van der Waals surface area contributed by atoms with E-state index in [0.717, 1.165) is 18.7 Å². The summed E-state index contributed by atoms with van der Waals surface area (Å²) in [5.41, 5.74) is -0.0329. The molecule has 3 heterocycles. The number of piperidine rings is 1. The average molecular weight is 251 g/mol. The van der Waals surface area contributed by atoms with Gasteiger partial charge in [-0.15, -0.1) is 0 Å². The molecule has 0 aliphatic carbocycles. The predicted molar refractivity (Wildman–Crippen MR) is 63.6 cm³/mol. The second kappa shape index (κ2) is 4.21. The number of rotatable bonds is 2. The third-order valence-electron chi connectivity index (χ3n) is 3.03. The molecular formula is C11H13N3O2S. The molecule has 0 atom stereocenters. The van der Waals surface area contributed by atoms with Crippen LogP contribution in [0.1, 0.15) is 18.7 Å². The van der Waals surface area contributed by atoms with Crippen molar-refractivity contribution in [3.8, 4) is 11.4 Å². The Morgan fingerprint density at radius 2 is 2.24 bits per heavy atom. The van der Waals surface area contributed by atoms with Crippen LogP contribution in [0.2, 0.25) is 0 Å². The molecule has 3 rings (SSSR count). The third kappa shape index (κ3) is 1.99. The van der Waals surface area contributed by atoms with E-state index in [1.54, 1.807) is 11.3 Å². The molecule has 90 valence electrons. The molecule has 0 unspecified atom stereocenters. The standard InChI is InChI=1S/C11H13N3O2S/c15-11(2-4-12-5-3-11)10-13-9(14-16-10)8-1-6-17-7-8/h1,6-7,12,15H,2-5H2. The zero-order valence-corrected chi connectivity index (χ0v) is 10.0. The Balaban J connectivity index is 1.89. The van der Waals surface area contributed by atoms with Crippen molar-refractivity contribution in [1.82, 2.24) is 15.5 Å². The number of thiophene rings is 1. The Morgan fingerprint density at radius 3 is 2.94 bits per heavy atom. The fourth-order valence-corrected chi connectivity index (χ4v) is 2.61. The molecular weight excluding hydrogens is 238 g/mol. The topological polar surface area (TPSA) is 71.2 Å². The van der Waals surface area contributed by atoms with E-state index in [1.807, 2.05) is 16.8 Å². The second-order valence-corrected chi connectivity index (χ2v) is 5.00. The van der Waals surface area contributed by atoms with Gasteiger partial charge in [0.05, 0.1) is 0 Å². The van der Waals surface area contributed by atoms with Crippen molar-refractivity contribution in [2.24, 2.45) is 0 Å².